The molecule has 126 valence electrons. The van der Waals surface area contributed by atoms with Gasteiger partial charge in [0.2, 0.25) is 10.0 Å². The lowest BCUT2D eigenvalue weighted by Gasteiger charge is -2.32. The zero-order valence-corrected chi connectivity index (χ0v) is 14.5. The average molecular weight is 341 g/mol. The molecule has 23 heavy (non-hydrogen) atoms. The molecule has 1 aliphatic rings. The smallest absolute Gasteiger partial charge is 0.478 e. The Morgan fingerprint density at radius 3 is 2.09 bits per heavy atom. The molecule has 0 aliphatic carbocycles. The second kappa shape index (κ2) is 5.59. The molecule has 0 aromatic heterocycles. The lowest BCUT2D eigenvalue weighted by atomic mass is 9.78. The summed E-state index contributed by atoms with van der Waals surface area (Å²) in [6.07, 6.45) is 0. The summed E-state index contributed by atoms with van der Waals surface area (Å²) in [5, 5.41) is 9.22. The van der Waals surface area contributed by atoms with Crippen LogP contribution in [0.3, 0.4) is 0 Å². The van der Waals surface area contributed by atoms with E-state index in [1.54, 1.807) is 0 Å². The molecule has 1 heterocycles. The van der Waals surface area contributed by atoms with Crippen LogP contribution >= 0.6 is 0 Å². The Balaban J connectivity index is 2.54. The van der Waals surface area contributed by atoms with Gasteiger partial charge in [0.1, 0.15) is 0 Å². The largest absolute Gasteiger partial charge is 0.494 e. The summed E-state index contributed by atoms with van der Waals surface area (Å²) in [6.45, 7) is 7.44. The first-order chi connectivity index (χ1) is 10.4. The van der Waals surface area contributed by atoms with Crippen molar-refractivity contribution in [2.45, 2.75) is 43.8 Å². The lowest BCUT2D eigenvalue weighted by Crippen LogP contribution is -2.41. The Kier molecular flexibility index (Phi) is 4.36. The fraction of sp³-hybridized carbons (Fsp3) is 0.500. The fourth-order valence-corrected chi connectivity index (χ4v) is 2.94. The molecule has 1 saturated heterocycles. The van der Waals surface area contributed by atoms with Crippen molar-refractivity contribution in [1.29, 1.82) is 0 Å². The van der Waals surface area contributed by atoms with Gasteiger partial charge >= 0.3 is 13.1 Å². The summed E-state index contributed by atoms with van der Waals surface area (Å²) in [5.74, 6) is -1.23. The van der Waals surface area contributed by atoms with E-state index in [2.05, 4.69) is 4.72 Å². The zero-order chi connectivity index (χ0) is 17.6. The van der Waals surface area contributed by atoms with Crippen molar-refractivity contribution >= 4 is 28.6 Å². The topological polar surface area (TPSA) is 102 Å². The van der Waals surface area contributed by atoms with Crippen molar-refractivity contribution < 1.29 is 27.6 Å². The van der Waals surface area contributed by atoms with Gasteiger partial charge < -0.3 is 14.4 Å². The van der Waals surface area contributed by atoms with E-state index >= 15 is 0 Å². The van der Waals surface area contributed by atoms with E-state index in [-0.39, 0.29) is 10.5 Å². The van der Waals surface area contributed by atoms with Crippen molar-refractivity contribution in [2.24, 2.45) is 0 Å². The molecular formula is C14H20BNO6S. The molecule has 1 aliphatic heterocycles. The highest BCUT2D eigenvalue weighted by Gasteiger charge is 2.52. The minimum atomic E-state index is -3.79. The average Bonchev–Trinajstić information content (AvgIpc) is 2.67. The quantitative estimate of drug-likeness (QED) is 0.778. The Morgan fingerprint density at radius 2 is 1.65 bits per heavy atom. The summed E-state index contributed by atoms with van der Waals surface area (Å²) in [6, 6.07) is 3.82. The number of rotatable bonds is 4. The van der Waals surface area contributed by atoms with Crippen molar-refractivity contribution in [3.05, 3.63) is 23.8 Å². The first-order valence-electron chi connectivity index (χ1n) is 7.07. The first-order valence-corrected chi connectivity index (χ1v) is 8.55. The molecule has 0 amide bonds. The Hall–Kier alpha value is -1.42. The van der Waals surface area contributed by atoms with Gasteiger partial charge in [-0.15, -0.1) is 0 Å². The third-order valence-corrected chi connectivity index (χ3v) is 5.67. The molecule has 0 atom stereocenters. The van der Waals surface area contributed by atoms with Gasteiger partial charge in [0.05, 0.1) is 21.7 Å². The molecule has 0 radical (unpaired) electrons. The standard InChI is InChI=1S/C14H20BNO6S/c1-13(2)14(3,4)22-15(21-13)10-6-9(12(17)18)7-11(8-10)23(19,20)16-5/h6-8,16H,1-5H3,(H,17,18). The highest BCUT2D eigenvalue weighted by molar-refractivity contribution is 7.89. The number of sulfonamides is 1. The van der Waals surface area contributed by atoms with E-state index in [1.165, 1.54) is 19.2 Å². The Bertz CT molecular complexity index is 728. The molecule has 7 nitrogen and oxygen atoms in total. The summed E-state index contributed by atoms with van der Waals surface area (Å²) in [5.41, 5.74) is -1.03. The second-order valence-corrected chi connectivity index (χ2v) is 8.28. The SMILES string of the molecule is CNS(=O)(=O)c1cc(B2OC(C)(C)C(C)(C)O2)cc(C(=O)O)c1. The molecule has 1 fully saturated rings. The van der Waals surface area contributed by atoms with Gasteiger partial charge in [-0.2, -0.15) is 0 Å². The number of hydrogen-bond acceptors (Lipinski definition) is 5. The summed E-state index contributed by atoms with van der Waals surface area (Å²) in [7, 11) is -3.37. The van der Waals surface area contributed by atoms with Gasteiger partial charge in [0, 0.05) is 0 Å². The maximum atomic E-state index is 12.0. The minimum absolute atomic E-state index is 0.147. The van der Waals surface area contributed by atoms with Crippen LogP contribution in [0.15, 0.2) is 23.1 Å². The normalized spacial score (nSPS) is 19.8. The molecule has 2 rings (SSSR count). The number of hydrogen-bond donors (Lipinski definition) is 2. The van der Waals surface area contributed by atoms with Crippen LogP contribution in [0, 0.1) is 0 Å². The van der Waals surface area contributed by atoms with E-state index in [4.69, 9.17) is 9.31 Å². The van der Waals surface area contributed by atoms with E-state index in [1.807, 2.05) is 27.7 Å². The third-order valence-electron chi connectivity index (χ3n) is 4.28. The van der Waals surface area contributed by atoms with E-state index in [0.29, 0.717) is 5.46 Å². The van der Waals surface area contributed by atoms with Crippen LogP contribution in [-0.4, -0.2) is 44.9 Å². The molecule has 1 aromatic rings. The van der Waals surface area contributed by atoms with Gasteiger partial charge in [-0.05, 0) is 58.4 Å². The van der Waals surface area contributed by atoms with Gasteiger partial charge in [-0.3, -0.25) is 0 Å². The van der Waals surface area contributed by atoms with Gasteiger partial charge in [-0.25, -0.2) is 17.9 Å². The number of carboxylic acid groups (broad SMARTS) is 1. The second-order valence-electron chi connectivity index (χ2n) is 6.39. The molecule has 0 bridgehead atoms. The van der Waals surface area contributed by atoms with Gasteiger partial charge in [0.25, 0.3) is 0 Å². The molecular weight excluding hydrogens is 321 g/mol. The minimum Gasteiger partial charge on any atom is -0.478 e. The number of aromatic carboxylic acids is 1. The van der Waals surface area contributed by atoms with Crippen LogP contribution in [0.1, 0.15) is 38.1 Å². The highest BCUT2D eigenvalue weighted by atomic mass is 32.2. The Morgan fingerprint density at radius 1 is 1.13 bits per heavy atom. The predicted molar refractivity (Wildman–Crippen MR) is 85.4 cm³/mol. The predicted octanol–water partition coefficient (Wildman–Crippen LogP) is 0.592. The van der Waals surface area contributed by atoms with Crippen molar-refractivity contribution in [3.8, 4) is 0 Å². The molecule has 0 spiro atoms. The van der Waals surface area contributed by atoms with Crippen LogP contribution in [-0.2, 0) is 19.3 Å². The van der Waals surface area contributed by atoms with E-state index in [9.17, 15) is 18.3 Å². The summed E-state index contributed by atoms with van der Waals surface area (Å²) in [4.78, 5) is 11.1. The third kappa shape index (κ3) is 3.28. The van der Waals surface area contributed by atoms with E-state index in [0.717, 1.165) is 6.07 Å². The maximum Gasteiger partial charge on any atom is 0.494 e. The van der Waals surface area contributed by atoms with Crippen LogP contribution in [0.5, 0.6) is 0 Å². The molecule has 2 N–H and O–H groups in total. The van der Waals surface area contributed by atoms with Crippen molar-refractivity contribution in [1.82, 2.24) is 4.72 Å². The number of benzene rings is 1. The van der Waals surface area contributed by atoms with Crippen LogP contribution in [0.4, 0.5) is 0 Å². The van der Waals surface area contributed by atoms with Crippen molar-refractivity contribution in [2.75, 3.05) is 7.05 Å². The maximum absolute atomic E-state index is 12.0. The summed E-state index contributed by atoms with van der Waals surface area (Å²) >= 11 is 0. The monoisotopic (exact) mass is 341 g/mol. The molecule has 9 heteroatoms. The van der Waals surface area contributed by atoms with Crippen LogP contribution in [0.25, 0.3) is 0 Å². The molecule has 1 aromatic carbocycles. The van der Waals surface area contributed by atoms with Gasteiger partial charge in [0.15, 0.2) is 0 Å². The molecule has 0 saturated carbocycles. The van der Waals surface area contributed by atoms with Gasteiger partial charge in [-0.1, -0.05) is 0 Å². The highest BCUT2D eigenvalue weighted by Crippen LogP contribution is 2.36. The zero-order valence-electron chi connectivity index (χ0n) is 13.7. The summed E-state index contributed by atoms with van der Waals surface area (Å²) < 4.78 is 37.9. The number of carboxylic acids is 1. The molecule has 0 unspecified atom stereocenters. The van der Waals surface area contributed by atoms with E-state index < -0.39 is 34.3 Å². The Labute approximate surface area is 136 Å². The number of carbonyl (C=O) groups is 1. The fourth-order valence-electron chi connectivity index (χ4n) is 2.13. The van der Waals surface area contributed by atoms with Crippen LogP contribution < -0.4 is 10.2 Å². The van der Waals surface area contributed by atoms with Crippen molar-refractivity contribution in [3.63, 3.8) is 0 Å². The first kappa shape index (κ1) is 17.9. The van der Waals surface area contributed by atoms with Crippen LogP contribution in [0.2, 0.25) is 0 Å². The lowest BCUT2D eigenvalue weighted by molar-refractivity contribution is 0.00578. The number of nitrogens with one attached hydrogen (secondary N) is 1.